The Balaban J connectivity index is 1.89. The molecule has 0 spiro atoms. The summed E-state index contributed by atoms with van der Waals surface area (Å²) in [6.45, 7) is 3.82. The summed E-state index contributed by atoms with van der Waals surface area (Å²) >= 11 is 0. The molecule has 0 aliphatic carbocycles. The van der Waals surface area contributed by atoms with Crippen molar-refractivity contribution in [3.8, 4) is 0 Å². The van der Waals surface area contributed by atoms with Crippen LogP contribution < -0.4 is 5.32 Å². The van der Waals surface area contributed by atoms with Crippen LogP contribution in [0.15, 0.2) is 0 Å². The molecule has 12 heavy (non-hydrogen) atoms. The molecule has 2 aliphatic heterocycles. The molecule has 0 amide bonds. The van der Waals surface area contributed by atoms with Crippen molar-refractivity contribution in [1.29, 1.82) is 0 Å². The number of hydrogen-bond acceptors (Lipinski definition) is 2. The van der Waals surface area contributed by atoms with Crippen LogP contribution in [0.25, 0.3) is 0 Å². The third-order valence-electron chi connectivity index (χ3n) is 3.46. The molecular weight excluding hydrogens is 148 g/mol. The van der Waals surface area contributed by atoms with Crippen molar-refractivity contribution in [1.82, 2.24) is 10.2 Å². The van der Waals surface area contributed by atoms with Gasteiger partial charge in [-0.25, -0.2) is 0 Å². The third-order valence-corrected chi connectivity index (χ3v) is 3.46. The molecule has 70 valence electrons. The predicted molar refractivity (Wildman–Crippen MR) is 51.2 cm³/mol. The molecule has 2 rings (SSSR count). The van der Waals surface area contributed by atoms with Crippen molar-refractivity contribution in [2.75, 3.05) is 26.7 Å². The molecule has 2 saturated heterocycles. The minimum absolute atomic E-state index is 0.887. The van der Waals surface area contributed by atoms with Gasteiger partial charge in [0.1, 0.15) is 0 Å². The number of piperidine rings is 1. The lowest BCUT2D eigenvalue weighted by molar-refractivity contribution is 0.195. The van der Waals surface area contributed by atoms with Crippen molar-refractivity contribution >= 4 is 0 Å². The van der Waals surface area contributed by atoms with Crippen LogP contribution in [0.1, 0.15) is 25.7 Å². The molecule has 0 radical (unpaired) electrons. The largest absolute Gasteiger partial charge is 0.316 e. The van der Waals surface area contributed by atoms with Gasteiger partial charge in [-0.3, -0.25) is 0 Å². The standard InChI is InChI=1S/C10H20N2/c1-12-7-3-5-10(12)9-4-2-6-11-8-9/h9-11H,2-8H2,1H3/t9-,10-/m0/s1. The van der Waals surface area contributed by atoms with E-state index in [-0.39, 0.29) is 0 Å². The Hall–Kier alpha value is -0.0800. The van der Waals surface area contributed by atoms with Crippen LogP contribution in [-0.2, 0) is 0 Å². The van der Waals surface area contributed by atoms with Gasteiger partial charge in [0.25, 0.3) is 0 Å². The molecule has 2 nitrogen and oxygen atoms in total. The highest BCUT2D eigenvalue weighted by molar-refractivity contribution is 4.86. The van der Waals surface area contributed by atoms with Crippen LogP contribution in [0.2, 0.25) is 0 Å². The molecule has 1 N–H and O–H groups in total. The van der Waals surface area contributed by atoms with E-state index < -0.39 is 0 Å². The molecule has 2 heterocycles. The summed E-state index contributed by atoms with van der Waals surface area (Å²) in [5.74, 6) is 0.936. The third kappa shape index (κ3) is 1.64. The van der Waals surface area contributed by atoms with E-state index in [1.807, 2.05) is 0 Å². The molecule has 0 bridgehead atoms. The minimum atomic E-state index is 0.887. The van der Waals surface area contributed by atoms with Crippen LogP contribution in [0, 0.1) is 5.92 Å². The fraction of sp³-hybridized carbons (Fsp3) is 1.00. The van der Waals surface area contributed by atoms with Crippen LogP contribution in [0.4, 0.5) is 0 Å². The molecule has 2 atom stereocenters. The van der Waals surface area contributed by atoms with Crippen LogP contribution in [-0.4, -0.2) is 37.6 Å². The van der Waals surface area contributed by atoms with E-state index in [1.54, 1.807) is 0 Å². The van der Waals surface area contributed by atoms with Crippen molar-refractivity contribution in [2.45, 2.75) is 31.7 Å². The monoisotopic (exact) mass is 168 g/mol. The SMILES string of the molecule is CN1CCC[C@H]1[C@H]1CCCNC1. The number of likely N-dealkylation sites (tertiary alicyclic amines) is 1. The predicted octanol–water partition coefficient (Wildman–Crippen LogP) is 1.08. The average Bonchev–Trinajstić information content (AvgIpc) is 2.53. The van der Waals surface area contributed by atoms with Crippen molar-refractivity contribution in [3.05, 3.63) is 0 Å². The lowest BCUT2D eigenvalue weighted by atomic mass is 9.90. The van der Waals surface area contributed by atoms with Crippen molar-refractivity contribution < 1.29 is 0 Å². The van der Waals surface area contributed by atoms with E-state index in [0.717, 1.165) is 12.0 Å². The average molecular weight is 168 g/mol. The number of nitrogens with one attached hydrogen (secondary N) is 1. The fourth-order valence-corrected chi connectivity index (χ4v) is 2.74. The molecule has 0 aromatic carbocycles. The zero-order chi connectivity index (χ0) is 8.39. The second-order valence-electron chi connectivity index (χ2n) is 4.30. The van der Waals surface area contributed by atoms with E-state index in [4.69, 9.17) is 0 Å². The van der Waals surface area contributed by atoms with Crippen molar-refractivity contribution in [2.24, 2.45) is 5.92 Å². The quantitative estimate of drug-likeness (QED) is 0.630. The molecule has 2 heteroatoms. The Morgan fingerprint density at radius 1 is 1.25 bits per heavy atom. The van der Waals surface area contributed by atoms with Gasteiger partial charge in [-0.05, 0) is 58.3 Å². The summed E-state index contributed by atoms with van der Waals surface area (Å²) in [7, 11) is 2.28. The van der Waals surface area contributed by atoms with Gasteiger partial charge >= 0.3 is 0 Å². The Morgan fingerprint density at radius 2 is 2.17 bits per heavy atom. The highest BCUT2D eigenvalue weighted by Crippen LogP contribution is 2.26. The Kier molecular flexibility index (Phi) is 2.66. The fourth-order valence-electron chi connectivity index (χ4n) is 2.74. The lowest BCUT2D eigenvalue weighted by Gasteiger charge is -2.32. The van der Waals surface area contributed by atoms with Gasteiger partial charge in [0.15, 0.2) is 0 Å². The molecule has 0 aromatic rings. The first-order chi connectivity index (χ1) is 5.88. The lowest BCUT2D eigenvalue weighted by Crippen LogP contribution is -2.41. The van der Waals surface area contributed by atoms with Gasteiger partial charge in [0, 0.05) is 6.04 Å². The van der Waals surface area contributed by atoms with Gasteiger partial charge in [0.05, 0.1) is 0 Å². The Morgan fingerprint density at radius 3 is 2.75 bits per heavy atom. The first-order valence-electron chi connectivity index (χ1n) is 5.29. The molecule has 0 unspecified atom stereocenters. The van der Waals surface area contributed by atoms with E-state index >= 15 is 0 Å². The van der Waals surface area contributed by atoms with Gasteiger partial charge in [0.2, 0.25) is 0 Å². The maximum atomic E-state index is 3.51. The van der Waals surface area contributed by atoms with Gasteiger partial charge in [-0.2, -0.15) is 0 Å². The molecule has 0 saturated carbocycles. The smallest absolute Gasteiger partial charge is 0.0133 e. The molecule has 2 fully saturated rings. The topological polar surface area (TPSA) is 15.3 Å². The summed E-state index contributed by atoms with van der Waals surface area (Å²) in [6.07, 6.45) is 5.68. The van der Waals surface area contributed by atoms with E-state index in [9.17, 15) is 0 Å². The van der Waals surface area contributed by atoms with E-state index in [2.05, 4.69) is 17.3 Å². The van der Waals surface area contributed by atoms with Crippen LogP contribution in [0.5, 0.6) is 0 Å². The van der Waals surface area contributed by atoms with Crippen molar-refractivity contribution in [3.63, 3.8) is 0 Å². The highest BCUT2D eigenvalue weighted by Gasteiger charge is 2.29. The molecular formula is C10H20N2. The Bertz CT molecular complexity index is 141. The van der Waals surface area contributed by atoms with Gasteiger partial charge in [-0.15, -0.1) is 0 Å². The molecule has 0 aromatic heterocycles. The first kappa shape index (κ1) is 8.52. The second kappa shape index (κ2) is 3.75. The second-order valence-corrected chi connectivity index (χ2v) is 4.30. The van der Waals surface area contributed by atoms with E-state index in [1.165, 1.54) is 45.3 Å². The van der Waals surface area contributed by atoms with Crippen LogP contribution in [0.3, 0.4) is 0 Å². The van der Waals surface area contributed by atoms with Gasteiger partial charge < -0.3 is 10.2 Å². The van der Waals surface area contributed by atoms with E-state index in [0.29, 0.717) is 0 Å². The number of hydrogen-bond donors (Lipinski definition) is 1. The minimum Gasteiger partial charge on any atom is -0.316 e. The Labute approximate surface area is 75.3 Å². The summed E-state index contributed by atoms with van der Waals surface area (Å²) in [5, 5.41) is 3.51. The van der Waals surface area contributed by atoms with Gasteiger partial charge in [-0.1, -0.05) is 0 Å². The maximum absolute atomic E-state index is 3.51. The number of nitrogens with zero attached hydrogens (tertiary/aromatic N) is 1. The normalized spacial score (nSPS) is 38.8. The maximum Gasteiger partial charge on any atom is 0.0133 e. The summed E-state index contributed by atoms with van der Waals surface area (Å²) in [5.41, 5.74) is 0. The number of rotatable bonds is 1. The zero-order valence-corrected chi connectivity index (χ0v) is 8.05. The summed E-state index contributed by atoms with van der Waals surface area (Å²) in [6, 6.07) is 0.887. The summed E-state index contributed by atoms with van der Waals surface area (Å²) < 4.78 is 0. The zero-order valence-electron chi connectivity index (χ0n) is 8.05. The molecule has 2 aliphatic rings. The van der Waals surface area contributed by atoms with Crippen LogP contribution >= 0.6 is 0 Å². The highest BCUT2D eigenvalue weighted by atomic mass is 15.2. The first-order valence-corrected chi connectivity index (χ1v) is 5.29. The summed E-state index contributed by atoms with van der Waals surface area (Å²) in [4.78, 5) is 2.55.